The van der Waals surface area contributed by atoms with Crippen molar-refractivity contribution < 1.29 is 18.5 Å². The van der Waals surface area contributed by atoms with Crippen molar-refractivity contribution in [1.29, 1.82) is 0 Å². The molecule has 0 spiro atoms. The van der Waals surface area contributed by atoms with Gasteiger partial charge in [0.2, 0.25) is 5.91 Å². The highest BCUT2D eigenvalue weighted by molar-refractivity contribution is 6.03. The molecule has 10 nitrogen and oxygen atoms in total. The number of hydrogen-bond acceptors (Lipinski definition) is 7. The summed E-state index contributed by atoms with van der Waals surface area (Å²) >= 11 is 0. The third kappa shape index (κ3) is 3.91. The number of hydrogen-bond donors (Lipinski definition) is 3. The van der Waals surface area contributed by atoms with Gasteiger partial charge in [0.25, 0.3) is 5.91 Å². The zero-order valence-corrected chi connectivity index (χ0v) is 17.1. The van der Waals surface area contributed by atoms with E-state index in [1.54, 1.807) is 24.3 Å². The van der Waals surface area contributed by atoms with Crippen molar-refractivity contribution in [3.05, 3.63) is 66.6 Å². The van der Waals surface area contributed by atoms with Gasteiger partial charge in [-0.15, -0.1) is 0 Å². The van der Waals surface area contributed by atoms with Crippen LogP contribution in [0.4, 0.5) is 5.82 Å². The SMILES string of the molecule is CC1CC(=O)NC(n2nc(-c3ccco3)cc2NC(=O)c2cc(-c3ccccc3)on2)N1. The number of furan rings is 1. The van der Waals surface area contributed by atoms with Crippen LogP contribution in [0.25, 0.3) is 22.8 Å². The number of aromatic nitrogens is 3. The molecule has 1 aromatic carbocycles. The first-order valence-corrected chi connectivity index (χ1v) is 10.1. The smallest absolute Gasteiger partial charge is 0.279 e. The van der Waals surface area contributed by atoms with Crippen molar-refractivity contribution in [3.63, 3.8) is 0 Å². The molecule has 2 unspecified atom stereocenters. The Morgan fingerprint density at radius 1 is 1.16 bits per heavy atom. The molecule has 1 aliphatic heterocycles. The molecular formula is C22H20N6O4. The van der Waals surface area contributed by atoms with E-state index >= 15 is 0 Å². The number of carbonyl (C=O) groups is 2. The molecule has 4 aromatic rings. The lowest BCUT2D eigenvalue weighted by Crippen LogP contribution is -2.52. The van der Waals surface area contributed by atoms with Gasteiger partial charge >= 0.3 is 0 Å². The molecule has 1 aliphatic rings. The van der Waals surface area contributed by atoms with E-state index in [-0.39, 0.29) is 17.6 Å². The molecule has 0 radical (unpaired) electrons. The first kappa shape index (κ1) is 19.8. The number of anilines is 1. The van der Waals surface area contributed by atoms with Crippen molar-refractivity contribution in [2.75, 3.05) is 5.32 Å². The quantitative estimate of drug-likeness (QED) is 0.442. The van der Waals surface area contributed by atoms with Crippen LogP contribution in [0.3, 0.4) is 0 Å². The van der Waals surface area contributed by atoms with E-state index in [1.807, 2.05) is 37.3 Å². The van der Waals surface area contributed by atoms with Crippen LogP contribution in [-0.2, 0) is 4.79 Å². The van der Waals surface area contributed by atoms with Crippen molar-refractivity contribution >= 4 is 17.6 Å². The van der Waals surface area contributed by atoms with Crippen molar-refractivity contribution in [1.82, 2.24) is 25.6 Å². The minimum atomic E-state index is -0.637. The average molecular weight is 432 g/mol. The largest absolute Gasteiger partial charge is 0.463 e. The average Bonchev–Trinajstić information content (AvgIpc) is 3.54. The lowest BCUT2D eigenvalue weighted by Gasteiger charge is -2.30. The van der Waals surface area contributed by atoms with Crippen LogP contribution in [0.2, 0.25) is 0 Å². The maximum absolute atomic E-state index is 12.9. The lowest BCUT2D eigenvalue weighted by molar-refractivity contribution is -0.125. The molecule has 0 saturated carbocycles. The third-order valence-electron chi connectivity index (χ3n) is 5.03. The number of amides is 2. The van der Waals surface area contributed by atoms with E-state index in [0.29, 0.717) is 29.5 Å². The van der Waals surface area contributed by atoms with Crippen LogP contribution in [0.5, 0.6) is 0 Å². The molecule has 0 bridgehead atoms. The Labute approximate surface area is 182 Å². The van der Waals surface area contributed by atoms with Crippen LogP contribution in [0.1, 0.15) is 30.1 Å². The number of carbonyl (C=O) groups excluding carboxylic acids is 2. The number of nitrogens with zero attached hydrogens (tertiary/aromatic N) is 3. The summed E-state index contributed by atoms with van der Waals surface area (Å²) in [7, 11) is 0. The predicted octanol–water partition coefficient (Wildman–Crippen LogP) is 3.00. The monoisotopic (exact) mass is 432 g/mol. The molecule has 3 aromatic heterocycles. The van der Waals surface area contributed by atoms with Gasteiger partial charge in [-0.3, -0.25) is 14.9 Å². The van der Waals surface area contributed by atoms with Gasteiger partial charge in [-0.25, -0.2) is 4.68 Å². The normalized spacial score (nSPS) is 18.3. The highest BCUT2D eigenvalue weighted by Gasteiger charge is 2.28. The van der Waals surface area contributed by atoms with Gasteiger partial charge in [0.1, 0.15) is 11.5 Å². The summed E-state index contributed by atoms with van der Waals surface area (Å²) < 4.78 is 12.3. The van der Waals surface area contributed by atoms with E-state index in [1.165, 1.54) is 10.9 Å². The van der Waals surface area contributed by atoms with E-state index in [2.05, 4.69) is 26.2 Å². The van der Waals surface area contributed by atoms with Crippen LogP contribution in [0.15, 0.2) is 69.8 Å². The molecule has 2 amide bonds. The lowest BCUT2D eigenvalue weighted by atomic mass is 10.1. The Morgan fingerprint density at radius 2 is 2.00 bits per heavy atom. The van der Waals surface area contributed by atoms with Gasteiger partial charge in [-0.05, 0) is 19.1 Å². The molecule has 32 heavy (non-hydrogen) atoms. The summed E-state index contributed by atoms with van der Waals surface area (Å²) in [6, 6.07) is 16.1. The molecule has 0 aliphatic carbocycles. The van der Waals surface area contributed by atoms with Crippen LogP contribution >= 0.6 is 0 Å². The molecule has 1 fully saturated rings. The second kappa shape index (κ2) is 8.16. The van der Waals surface area contributed by atoms with E-state index < -0.39 is 12.2 Å². The van der Waals surface area contributed by atoms with Crippen LogP contribution in [-0.4, -0.2) is 32.8 Å². The molecule has 4 heterocycles. The minimum Gasteiger partial charge on any atom is -0.463 e. The molecule has 3 N–H and O–H groups in total. The maximum atomic E-state index is 12.9. The molecular weight excluding hydrogens is 412 g/mol. The molecule has 162 valence electrons. The number of benzene rings is 1. The fourth-order valence-electron chi connectivity index (χ4n) is 3.52. The fraction of sp³-hybridized carbons (Fsp3) is 0.182. The van der Waals surface area contributed by atoms with Gasteiger partial charge in [0.15, 0.2) is 23.5 Å². The molecule has 1 saturated heterocycles. The minimum absolute atomic E-state index is 0.0578. The van der Waals surface area contributed by atoms with Gasteiger partial charge in [0.05, 0.1) is 6.26 Å². The first-order valence-electron chi connectivity index (χ1n) is 10.1. The maximum Gasteiger partial charge on any atom is 0.279 e. The topological polar surface area (TPSA) is 127 Å². The second-order valence-electron chi connectivity index (χ2n) is 7.48. The zero-order valence-electron chi connectivity index (χ0n) is 17.1. The van der Waals surface area contributed by atoms with Gasteiger partial charge in [-0.2, -0.15) is 5.10 Å². The predicted molar refractivity (Wildman–Crippen MR) is 114 cm³/mol. The second-order valence-corrected chi connectivity index (χ2v) is 7.48. The molecule has 2 atom stereocenters. The zero-order chi connectivity index (χ0) is 22.1. The van der Waals surface area contributed by atoms with E-state index in [9.17, 15) is 9.59 Å². The fourth-order valence-corrected chi connectivity index (χ4v) is 3.52. The summed E-state index contributed by atoms with van der Waals surface area (Å²) in [5.41, 5.74) is 1.43. The number of rotatable bonds is 5. The standard InChI is InChI=1S/C22H20N6O4/c1-13-10-20(29)25-22(23-13)28-19(12-15(26-28)17-8-5-9-31-17)24-21(30)16-11-18(32-27-16)14-6-3-2-4-7-14/h2-9,11-13,22-23H,10H2,1H3,(H,24,30)(H,25,29). The Kier molecular flexibility index (Phi) is 5.04. The number of nitrogens with one attached hydrogen (secondary N) is 3. The van der Waals surface area contributed by atoms with Crippen molar-refractivity contribution in [2.24, 2.45) is 0 Å². The molecule has 10 heteroatoms. The Morgan fingerprint density at radius 3 is 2.75 bits per heavy atom. The summed E-state index contributed by atoms with van der Waals surface area (Å²) in [6.07, 6.45) is 1.25. The first-order chi connectivity index (χ1) is 15.6. The highest BCUT2D eigenvalue weighted by atomic mass is 16.5. The van der Waals surface area contributed by atoms with E-state index in [0.717, 1.165) is 5.56 Å². The van der Waals surface area contributed by atoms with Gasteiger partial charge in [0, 0.05) is 30.2 Å². The van der Waals surface area contributed by atoms with Crippen molar-refractivity contribution in [3.8, 4) is 22.8 Å². The Bertz CT molecular complexity index is 1240. The summed E-state index contributed by atoms with van der Waals surface area (Å²) in [6.45, 7) is 1.90. The molecule has 5 rings (SSSR count). The summed E-state index contributed by atoms with van der Waals surface area (Å²) in [4.78, 5) is 25.0. The van der Waals surface area contributed by atoms with Crippen LogP contribution < -0.4 is 16.0 Å². The Balaban J connectivity index is 1.44. The summed E-state index contributed by atoms with van der Waals surface area (Å²) in [5, 5.41) is 17.3. The van der Waals surface area contributed by atoms with Gasteiger partial charge < -0.3 is 19.6 Å². The van der Waals surface area contributed by atoms with Crippen molar-refractivity contribution in [2.45, 2.75) is 25.7 Å². The van der Waals surface area contributed by atoms with E-state index in [4.69, 9.17) is 8.94 Å². The Hall–Kier alpha value is -4.18. The summed E-state index contributed by atoms with van der Waals surface area (Å²) in [5.74, 6) is 0.784. The van der Waals surface area contributed by atoms with Crippen LogP contribution in [0, 0.1) is 0 Å². The third-order valence-corrected chi connectivity index (χ3v) is 5.03. The van der Waals surface area contributed by atoms with Gasteiger partial charge in [-0.1, -0.05) is 35.5 Å². The highest BCUT2D eigenvalue weighted by Crippen LogP contribution is 2.26.